The van der Waals surface area contributed by atoms with Gasteiger partial charge in [-0.15, -0.1) is 10.2 Å². The van der Waals surface area contributed by atoms with Crippen LogP contribution < -0.4 is 15.4 Å². The van der Waals surface area contributed by atoms with Crippen LogP contribution in [0.3, 0.4) is 0 Å². The highest BCUT2D eigenvalue weighted by molar-refractivity contribution is 8.02. The molecule has 1 atom stereocenters. The highest BCUT2D eigenvalue weighted by Gasteiger charge is 2.23. The van der Waals surface area contributed by atoms with Crippen LogP contribution in [0.15, 0.2) is 28.6 Å². The van der Waals surface area contributed by atoms with Crippen molar-refractivity contribution in [3.63, 3.8) is 0 Å². The Hall–Kier alpha value is -1.80. The van der Waals surface area contributed by atoms with Gasteiger partial charge in [0.05, 0.1) is 17.5 Å². The lowest BCUT2D eigenvalue weighted by molar-refractivity contribution is -0.115. The Morgan fingerprint density at radius 2 is 2.21 bits per heavy atom. The van der Waals surface area contributed by atoms with Gasteiger partial charge in [0.2, 0.25) is 11.0 Å². The highest BCUT2D eigenvalue weighted by Crippen LogP contribution is 2.33. The second-order valence-corrected chi connectivity index (χ2v) is 8.04. The van der Waals surface area contributed by atoms with E-state index in [1.807, 2.05) is 38.1 Å². The molecule has 128 valence electrons. The van der Waals surface area contributed by atoms with Gasteiger partial charge >= 0.3 is 0 Å². The Bertz CT molecular complexity index is 703. The van der Waals surface area contributed by atoms with Gasteiger partial charge < -0.3 is 15.4 Å². The van der Waals surface area contributed by atoms with Crippen LogP contribution >= 0.6 is 23.1 Å². The minimum atomic E-state index is -0.276. The molecule has 2 N–H and O–H groups in total. The molecule has 0 spiro atoms. The van der Waals surface area contributed by atoms with Crippen LogP contribution in [-0.4, -0.2) is 34.0 Å². The van der Waals surface area contributed by atoms with Gasteiger partial charge in [0.1, 0.15) is 5.75 Å². The average molecular weight is 364 g/mol. The van der Waals surface area contributed by atoms with E-state index in [1.165, 1.54) is 35.9 Å². The fourth-order valence-electron chi connectivity index (χ4n) is 2.01. The topological polar surface area (TPSA) is 76.1 Å². The lowest BCUT2D eigenvalue weighted by Crippen LogP contribution is -2.22. The standard InChI is InChI=1S/C16H20N4O2S2/c1-3-22-13-7-5-4-6-12(13)18-14(21)10(2)23-16-20-19-15(24-16)17-11-8-9-11/h4-7,10-11H,3,8-9H2,1-2H3,(H,17,19)(H,18,21)/t10-/m0/s1. The van der Waals surface area contributed by atoms with E-state index in [4.69, 9.17) is 4.74 Å². The summed E-state index contributed by atoms with van der Waals surface area (Å²) in [5.41, 5.74) is 0.685. The summed E-state index contributed by atoms with van der Waals surface area (Å²) in [7, 11) is 0. The number of nitrogens with one attached hydrogen (secondary N) is 2. The monoisotopic (exact) mass is 364 g/mol. The summed E-state index contributed by atoms with van der Waals surface area (Å²) in [6, 6.07) is 7.98. The summed E-state index contributed by atoms with van der Waals surface area (Å²) in [5.74, 6) is 0.594. The molecule has 0 aliphatic heterocycles. The molecule has 1 fully saturated rings. The van der Waals surface area contributed by atoms with Gasteiger partial charge in [-0.25, -0.2) is 0 Å². The number of amides is 1. The molecular weight excluding hydrogens is 344 g/mol. The first-order chi connectivity index (χ1) is 11.7. The number of para-hydroxylation sites is 2. The summed E-state index contributed by atoms with van der Waals surface area (Å²) < 4.78 is 6.32. The minimum absolute atomic E-state index is 0.0842. The van der Waals surface area contributed by atoms with Crippen molar-refractivity contribution in [3.8, 4) is 5.75 Å². The second-order valence-electron chi connectivity index (χ2n) is 5.47. The third-order valence-electron chi connectivity index (χ3n) is 3.40. The summed E-state index contributed by atoms with van der Waals surface area (Å²) in [6.45, 7) is 4.33. The van der Waals surface area contributed by atoms with Crippen molar-refractivity contribution in [3.05, 3.63) is 24.3 Å². The van der Waals surface area contributed by atoms with Gasteiger partial charge in [-0.2, -0.15) is 0 Å². The van der Waals surface area contributed by atoms with Crippen LogP contribution in [0.2, 0.25) is 0 Å². The average Bonchev–Trinajstić information content (AvgIpc) is 3.27. The van der Waals surface area contributed by atoms with Crippen molar-refractivity contribution >= 4 is 39.8 Å². The summed E-state index contributed by atoms with van der Waals surface area (Å²) in [6.07, 6.45) is 2.39. The summed E-state index contributed by atoms with van der Waals surface area (Å²) in [5, 5.41) is 15.0. The second kappa shape index (κ2) is 7.85. The Kier molecular flexibility index (Phi) is 5.57. The predicted molar refractivity (Wildman–Crippen MR) is 98.1 cm³/mol. The molecule has 1 aromatic carbocycles. The highest BCUT2D eigenvalue weighted by atomic mass is 32.2. The quantitative estimate of drug-likeness (QED) is 0.697. The minimum Gasteiger partial charge on any atom is -0.492 e. The predicted octanol–water partition coefficient (Wildman–Crippen LogP) is 3.63. The zero-order chi connectivity index (χ0) is 16.9. The zero-order valence-corrected chi connectivity index (χ0v) is 15.2. The molecule has 0 radical (unpaired) electrons. The molecule has 8 heteroatoms. The Morgan fingerprint density at radius 3 is 2.96 bits per heavy atom. The van der Waals surface area contributed by atoms with Gasteiger partial charge in [0.15, 0.2) is 4.34 Å². The Labute approximate surface area is 149 Å². The van der Waals surface area contributed by atoms with Crippen LogP contribution in [0.25, 0.3) is 0 Å². The van der Waals surface area contributed by atoms with Gasteiger partial charge in [0.25, 0.3) is 0 Å². The van der Waals surface area contributed by atoms with E-state index >= 15 is 0 Å². The normalized spacial score (nSPS) is 14.9. The number of aromatic nitrogens is 2. The van der Waals surface area contributed by atoms with Gasteiger partial charge in [-0.1, -0.05) is 35.2 Å². The van der Waals surface area contributed by atoms with Gasteiger partial charge in [-0.05, 0) is 38.8 Å². The van der Waals surface area contributed by atoms with E-state index in [0.29, 0.717) is 24.1 Å². The lowest BCUT2D eigenvalue weighted by atomic mass is 10.3. The van der Waals surface area contributed by atoms with Gasteiger partial charge in [-0.3, -0.25) is 4.79 Å². The first-order valence-electron chi connectivity index (χ1n) is 7.95. The molecule has 1 aromatic heterocycles. The Balaban J connectivity index is 1.57. The van der Waals surface area contributed by atoms with Crippen LogP contribution in [0.5, 0.6) is 5.75 Å². The fourth-order valence-corrected chi connectivity index (χ4v) is 3.98. The van der Waals surface area contributed by atoms with Crippen molar-refractivity contribution < 1.29 is 9.53 Å². The van der Waals surface area contributed by atoms with E-state index in [0.717, 1.165) is 9.47 Å². The van der Waals surface area contributed by atoms with Crippen molar-refractivity contribution in [2.45, 2.75) is 42.3 Å². The van der Waals surface area contributed by atoms with Crippen molar-refractivity contribution in [1.82, 2.24) is 10.2 Å². The molecule has 1 saturated carbocycles. The number of anilines is 2. The maximum atomic E-state index is 12.4. The fraction of sp³-hybridized carbons (Fsp3) is 0.438. The van der Waals surface area contributed by atoms with E-state index in [1.54, 1.807) is 0 Å². The number of hydrogen-bond acceptors (Lipinski definition) is 7. The number of nitrogens with zero attached hydrogens (tertiary/aromatic N) is 2. The molecule has 1 aliphatic carbocycles. The number of ether oxygens (including phenoxy) is 1. The Morgan fingerprint density at radius 1 is 1.42 bits per heavy atom. The van der Waals surface area contributed by atoms with Crippen molar-refractivity contribution in [2.24, 2.45) is 0 Å². The molecule has 0 bridgehead atoms. The number of carbonyl (C=O) groups excluding carboxylic acids is 1. The number of carbonyl (C=O) groups is 1. The first-order valence-corrected chi connectivity index (χ1v) is 9.64. The SMILES string of the molecule is CCOc1ccccc1NC(=O)[C@H](C)Sc1nnc(NC2CC2)s1. The molecular formula is C16H20N4O2S2. The number of rotatable bonds is 8. The van der Waals surface area contributed by atoms with Crippen LogP contribution in [0, 0.1) is 0 Å². The summed E-state index contributed by atoms with van der Waals surface area (Å²) in [4.78, 5) is 12.4. The van der Waals surface area contributed by atoms with Crippen molar-refractivity contribution in [2.75, 3.05) is 17.2 Å². The van der Waals surface area contributed by atoms with E-state index in [9.17, 15) is 4.79 Å². The zero-order valence-electron chi connectivity index (χ0n) is 13.6. The largest absolute Gasteiger partial charge is 0.492 e. The lowest BCUT2D eigenvalue weighted by Gasteiger charge is -2.13. The van der Waals surface area contributed by atoms with Crippen LogP contribution in [0.4, 0.5) is 10.8 Å². The molecule has 1 aliphatic rings. The molecule has 24 heavy (non-hydrogen) atoms. The maximum absolute atomic E-state index is 12.4. The smallest absolute Gasteiger partial charge is 0.237 e. The third kappa shape index (κ3) is 4.61. The summed E-state index contributed by atoms with van der Waals surface area (Å²) >= 11 is 2.90. The molecule has 2 aromatic rings. The molecule has 0 saturated heterocycles. The molecule has 1 amide bonds. The van der Waals surface area contributed by atoms with Crippen molar-refractivity contribution in [1.29, 1.82) is 0 Å². The van der Waals surface area contributed by atoms with Gasteiger partial charge in [0, 0.05) is 6.04 Å². The number of thioether (sulfide) groups is 1. The number of hydrogen-bond donors (Lipinski definition) is 2. The molecule has 6 nitrogen and oxygen atoms in total. The maximum Gasteiger partial charge on any atom is 0.237 e. The molecule has 0 unspecified atom stereocenters. The molecule has 3 rings (SSSR count). The third-order valence-corrected chi connectivity index (χ3v) is 5.44. The first kappa shape index (κ1) is 17.0. The van der Waals surface area contributed by atoms with E-state index in [-0.39, 0.29) is 11.2 Å². The van der Waals surface area contributed by atoms with Crippen LogP contribution in [0.1, 0.15) is 26.7 Å². The van der Waals surface area contributed by atoms with E-state index in [2.05, 4.69) is 20.8 Å². The van der Waals surface area contributed by atoms with E-state index < -0.39 is 0 Å². The number of benzene rings is 1. The van der Waals surface area contributed by atoms with Crippen LogP contribution in [-0.2, 0) is 4.79 Å². The molecule has 1 heterocycles.